The predicted octanol–water partition coefficient (Wildman–Crippen LogP) is -0.500. The molecule has 1 saturated heterocycles. The molecule has 1 aromatic rings. The Morgan fingerprint density at radius 2 is 2.32 bits per heavy atom. The van der Waals surface area contributed by atoms with Gasteiger partial charge in [-0.2, -0.15) is 0 Å². The van der Waals surface area contributed by atoms with Crippen molar-refractivity contribution < 1.29 is 14.7 Å². The van der Waals surface area contributed by atoms with Crippen molar-refractivity contribution in [2.75, 3.05) is 6.54 Å². The van der Waals surface area contributed by atoms with Crippen LogP contribution in [0, 0.1) is 0 Å². The minimum atomic E-state index is -0.972. The van der Waals surface area contributed by atoms with Crippen LogP contribution in [0.1, 0.15) is 24.2 Å². The van der Waals surface area contributed by atoms with Gasteiger partial charge in [0.15, 0.2) is 0 Å². The number of aliphatic carboxylic acids is 1. The van der Waals surface area contributed by atoms with Crippen molar-refractivity contribution in [1.82, 2.24) is 20.2 Å². The number of carboxylic acids is 1. The van der Waals surface area contributed by atoms with Crippen LogP contribution < -0.4 is 5.32 Å². The van der Waals surface area contributed by atoms with Gasteiger partial charge in [-0.05, 0) is 19.4 Å². The summed E-state index contributed by atoms with van der Waals surface area (Å²) in [6, 6.07) is -1.06. The number of nitrogens with one attached hydrogen (secondary N) is 2. The Morgan fingerprint density at radius 3 is 3.00 bits per heavy atom. The maximum Gasteiger partial charge on any atom is 0.326 e. The number of hydrogen-bond donors (Lipinski definition) is 3. The number of aromatic nitrogens is 2. The summed E-state index contributed by atoms with van der Waals surface area (Å²) in [6.45, 7) is 1.11. The summed E-state index contributed by atoms with van der Waals surface area (Å²) in [4.78, 5) is 32.3. The number of nitrogens with zero attached hydrogens (tertiary/aromatic N) is 2. The van der Waals surface area contributed by atoms with E-state index >= 15 is 0 Å². The van der Waals surface area contributed by atoms with Crippen LogP contribution in [0.25, 0.3) is 0 Å². The molecular formula is C12H16N4O3. The Hall–Kier alpha value is -1.89. The van der Waals surface area contributed by atoms with Gasteiger partial charge in [0, 0.05) is 6.42 Å². The fraction of sp³-hybridized carbons (Fsp3) is 0.583. The number of carbonyl (C=O) groups excluding carboxylic acids is 1. The number of fused-ring (bicyclic) bond motifs is 1. The van der Waals surface area contributed by atoms with Crippen molar-refractivity contribution in [3.8, 4) is 0 Å². The number of hydrogen-bond acceptors (Lipinski definition) is 4. The zero-order valence-electron chi connectivity index (χ0n) is 10.4. The van der Waals surface area contributed by atoms with Gasteiger partial charge < -0.3 is 20.3 Å². The van der Waals surface area contributed by atoms with Gasteiger partial charge >= 0.3 is 5.97 Å². The highest BCUT2D eigenvalue weighted by atomic mass is 16.4. The van der Waals surface area contributed by atoms with E-state index in [1.54, 1.807) is 6.33 Å². The molecule has 19 heavy (non-hydrogen) atoms. The monoisotopic (exact) mass is 264 g/mol. The van der Waals surface area contributed by atoms with Crippen molar-refractivity contribution >= 4 is 11.9 Å². The molecule has 1 aromatic heterocycles. The molecule has 2 atom stereocenters. The molecule has 2 aliphatic rings. The molecule has 0 saturated carbocycles. The van der Waals surface area contributed by atoms with Gasteiger partial charge in [-0.25, -0.2) is 9.78 Å². The quantitative estimate of drug-likeness (QED) is 0.669. The standard InChI is InChI=1S/C12H16N4O3/c17-11(7-2-1-3-13-7)16-5-9-8(14-6-15-9)4-10(16)12(18)19/h6-7,10,13H,1-5H2,(H,14,15)(H,18,19)/t7-,10?/m1/s1. The zero-order chi connectivity index (χ0) is 13.4. The van der Waals surface area contributed by atoms with Crippen molar-refractivity contribution in [3.63, 3.8) is 0 Å². The normalized spacial score (nSPS) is 26.2. The van der Waals surface area contributed by atoms with Crippen LogP contribution in [0.15, 0.2) is 6.33 Å². The molecule has 0 radical (unpaired) electrons. The summed E-state index contributed by atoms with van der Waals surface area (Å²) in [5, 5.41) is 12.4. The van der Waals surface area contributed by atoms with Gasteiger partial charge in [0.2, 0.25) is 5.91 Å². The SMILES string of the molecule is O=C(O)C1Cc2nc[nH]c2CN1C(=O)[C@H]1CCCN1. The van der Waals surface area contributed by atoms with E-state index in [0.717, 1.165) is 30.8 Å². The fourth-order valence-electron chi connectivity index (χ4n) is 2.78. The van der Waals surface area contributed by atoms with E-state index < -0.39 is 12.0 Å². The predicted molar refractivity (Wildman–Crippen MR) is 65.3 cm³/mol. The molecule has 0 aromatic carbocycles. The Kier molecular flexibility index (Phi) is 2.98. The number of H-pyrrole nitrogens is 1. The molecule has 1 fully saturated rings. The molecule has 2 aliphatic heterocycles. The lowest BCUT2D eigenvalue weighted by Crippen LogP contribution is -2.53. The summed E-state index contributed by atoms with van der Waals surface area (Å²) in [5.41, 5.74) is 1.58. The summed E-state index contributed by atoms with van der Waals surface area (Å²) >= 11 is 0. The molecule has 0 aliphatic carbocycles. The highest BCUT2D eigenvalue weighted by molar-refractivity contribution is 5.87. The van der Waals surface area contributed by atoms with Crippen molar-refractivity contribution in [2.24, 2.45) is 0 Å². The van der Waals surface area contributed by atoms with Gasteiger partial charge in [-0.3, -0.25) is 4.79 Å². The summed E-state index contributed by atoms with van der Waals surface area (Å²) in [7, 11) is 0. The highest BCUT2D eigenvalue weighted by Crippen LogP contribution is 2.23. The Balaban J connectivity index is 1.85. The zero-order valence-corrected chi connectivity index (χ0v) is 10.4. The van der Waals surface area contributed by atoms with Gasteiger partial charge in [-0.15, -0.1) is 0 Å². The molecule has 3 rings (SSSR count). The van der Waals surface area contributed by atoms with E-state index in [9.17, 15) is 14.7 Å². The maximum atomic E-state index is 12.4. The number of rotatable bonds is 2. The molecule has 7 heteroatoms. The van der Waals surface area contributed by atoms with Crippen molar-refractivity contribution in [2.45, 2.75) is 37.9 Å². The number of aromatic amines is 1. The van der Waals surface area contributed by atoms with Crippen LogP contribution in [0.3, 0.4) is 0 Å². The van der Waals surface area contributed by atoms with Crippen LogP contribution in [0.5, 0.6) is 0 Å². The number of carboxylic acid groups (broad SMARTS) is 1. The van der Waals surface area contributed by atoms with Crippen LogP contribution in [0.2, 0.25) is 0 Å². The minimum Gasteiger partial charge on any atom is -0.480 e. The van der Waals surface area contributed by atoms with Crippen LogP contribution >= 0.6 is 0 Å². The van der Waals surface area contributed by atoms with Crippen molar-refractivity contribution in [3.05, 3.63) is 17.7 Å². The third-order valence-electron chi connectivity index (χ3n) is 3.83. The molecule has 1 unspecified atom stereocenters. The van der Waals surface area contributed by atoms with Crippen molar-refractivity contribution in [1.29, 1.82) is 0 Å². The van der Waals surface area contributed by atoms with E-state index in [4.69, 9.17) is 0 Å². The van der Waals surface area contributed by atoms with E-state index in [1.165, 1.54) is 4.90 Å². The van der Waals surface area contributed by atoms with Gasteiger partial charge in [-0.1, -0.05) is 0 Å². The van der Waals surface area contributed by atoms with Crippen LogP contribution in [-0.4, -0.2) is 50.5 Å². The average Bonchev–Trinajstić information content (AvgIpc) is 3.06. The third-order valence-corrected chi connectivity index (χ3v) is 3.83. The first kappa shape index (κ1) is 12.2. The largest absolute Gasteiger partial charge is 0.480 e. The third kappa shape index (κ3) is 2.10. The Morgan fingerprint density at radius 1 is 1.47 bits per heavy atom. The first-order chi connectivity index (χ1) is 9.16. The number of imidazole rings is 1. The minimum absolute atomic E-state index is 0.120. The first-order valence-corrected chi connectivity index (χ1v) is 6.44. The second-order valence-corrected chi connectivity index (χ2v) is 5.00. The van der Waals surface area contributed by atoms with E-state index in [1.807, 2.05) is 0 Å². The van der Waals surface area contributed by atoms with Crippen LogP contribution in [-0.2, 0) is 22.6 Å². The summed E-state index contributed by atoms with van der Waals surface area (Å²) in [6.07, 6.45) is 3.55. The molecule has 3 N–H and O–H groups in total. The second kappa shape index (κ2) is 4.65. The lowest BCUT2D eigenvalue weighted by Gasteiger charge is -2.34. The first-order valence-electron chi connectivity index (χ1n) is 6.44. The maximum absolute atomic E-state index is 12.4. The Labute approximate surface area is 110 Å². The van der Waals surface area contributed by atoms with Gasteiger partial charge in [0.25, 0.3) is 0 Å². The summed E-state index contributed by atoms with van der Waals surface area (Å²) < 4.78 is 0. The molecule has 0 bridgehead atoms. The Bertz CT molecular complexity index is 507. The number of carbonyl (C=O) groups is 2. The smallest absolute Gasteiger partial charge is 0.326 e. The molecule has 3 heterocycles. The average molecular weight is 264 g/mol. The molecule has 1 amide bonds. The van der Waals surface area contributed by atoms with Gasteiger partial charge in [0.05, 0.1) is 30.3 Å². The van der Waals surface area contributed by atoms with E-state index in [2.05, 4.69) is 15.3 Å². The number of amides is 1. The van der Waals surface area contributed by atoms with E-state index in [0.29, 0.717) is 6.54 Å². The lowest BCUT2D eigenvalue weighted by atomic mass is 10.0. The second-order valence-electron chi connectivity index (χ2n) is 5.00. The topological polar surface area (TPSA) is 98.3 Å². The van der Waals surface area contributed by atoms with Gasteiger partial charge in [0.1, 0.15) is 6.04 Å². The molecule has 0 spiro atoms. The molecule has 7 nitrogen and oxygen atoms in total. The highest BCUT2D eigenvalue weighted by Gasteiger charge is 2.38. The fourth-order valence-corrected chi connectivity index (χ4v) is 2.78. The lowest BCUT2D eigenvalue weighted by molar-refractivity contribution is -0.152. The molecule has 102 valence electrons. The van der Waals surface area contributed by atoms with Crippen LogP contribution in [0.4, 0.5) is 0 Å². The van der Waals surface area contributed by atoms with E-state index in [-0.39, 0.29) is 18.4 Å². The summed E-state index contributed by atoms with van der Waals surface area (Å²) in [5.74, 6) is -1.09. The molecular weight excluding hydrogens is 248 g/mol.